The van der Waals surface area contributed by atoms with Crippen molar-refractivity contribution in [3.63, 3.8) is 0 Å². The van der Waals surface area contributed by atoms with Crippen molar-refractivity contribution >= 4 is 11.0 Å². The molecule has 0 spiro atoms. The van der Waals surface area contributed by atoms with E-state index in [1.165, 1.54) is 17.4 Å². The Bertz CT molecular complexity index is 1370. The summed E-state index contributed by atoms with van der Waals surface area (Å²) in [7, 11) is 3.15. The molecule has 6 heteroatoms. The smallest absolute Gasteiger partial charge is 0.200 e. The number of aryl methyl sites for hydroxylation is 1. The number of methoxy groups -OCH3 is 2. The van der Waals surface area contributed by atoms with Crippen molar-refractivity contribution in [3.05, 3.63) is 87.8 Å². The quantitative estimate of drug-likeness (QED) is 0.426. The third-order valence-electron chi connectivity index (χ3n) is 6.01. The highest BCUT2D eigenvalue weighted by molar-refractivity contribution is 5.86. The fraction of sp³-hybridized carbons (Fsp3) is 0.222. The topological polar surface area (TPSA) is 61.1 Å². The van der Waals surface area contributed by atoms with E-state index in [2.05, 4.69) is 36.1 Å². The number of rotatable bonds is 5. The van der Waals surface area contributed by atoms with E-state index in [-0.39, 0.29) is 5.43 Å². The van der Waals surface area contributed by atoms with Crippen molar-refractivity contribution in [3.8, 4) is 28.4 Å². The van der Waals surface area contributed by atoms with Crippen LogP contribution in [0.25, 0.3) is 22.1 Å². The van der Waals surface area contributed by atoms with E-state index in [0.29, 0.717) is 46.9 Å². The molecule has 0 aliphatic carbocycles. The normalized spacial score (nSPS) is 13.4. The van der Waals surface area contributed by atoms with E-state index in [1.54, 1.807) is 32.4 Å². The van der Waals surface area contributed by atoms with E-state index in [9.17, 15) is 4.79 Å². The molecule has 0 unspecified atom stereocenters. The first kappa shape index (κ1) is 21.1. The highest BCUT2D eigenvalue weighted by Gasteiger charge is 2.23. The summed E-state index contributed by atoms with van der Waals surface area (Å²) in [4.78, 5) is 15.6. The van der Waals surface area contributed by atoms with Gasteiger partial charge in [0.15, 0.2) is 11.5 Å². The Morgan fingerprint density at radius 3 is 2.52 bits per heavy atom. The van der Waals surface area contributed by atoms with Crippen LogP contribution in [-0.2, 0) is 13.1 Å². The van der Waals surface area contributed by atoms with Crippen molar-refractivity contribution in [1.29, 1.82) is 0 Å². The molecule has 0 atom stereocenters. The molecular weight excluding hydrogens is 418 g/mol. The first-order chi connectivity index (χ1) is 16.1. The van der Waals surface area contributed by atoms with Crippen molar-refractivity contribution in [1.82, 2.24) is 4.90 Å². The summed E-state index contributed by atoms with van der Waals surface area (Å²) in [6, 6.07) is 17.5. The van der Waals surface area contributed by atoms with Gasteiger partial charge in [0.25, 0.3) is 0 Å². The maximum atomic E-state index is 13.4. The average molecular weight is 443 g/mol. The maximum absolute atomic E-state index is 13.4. The van der Waals surface area contributed by atoms with Gasteiger partial charge in [0.1, 0.15) is 24.3 Å². The Labute approximate surface area is 191 Å². The van der Waals surface area contributed by atoms with Gasteiger partial charge >= 0.3 is 0 Å². The fourth-order valence-corrected chi connectivity index (χ4v) is 4.21. The summed E-state index contributed by atoms with van der Waals surface area (Å²) in [6.45, 7) is 3.96. The molecule has 2 heterocycles. The van der Waals surface area contributed by atoms with Crippen LogP contribution in [0.3, 0.4) is 0 Å². The highest BCUT2D eigenvalue weighted by Crippen LogP contribution is 2.35. The summed E-state index contributed by atoms with van der Waals surface area (Å²) in [5.41, 5.74) is 4.98. The molecular formula is C27H25NO5. The molecule has 3 aromatic carbocycles. The van der Waals surface area contributed by atoms with E-state index in [1.807, 2.05) is 12.1 Å². The molecule has 0 radical (unpaired) electrons. The lowest BCUT2D eigenvalue weighted by atomic mass is 10.0. The van der Waals surface area contributed by atoms with Crippen molar-refractivity contribution < 1.29 is 18.6 Å². The SMILES string of the molecule is COc1ccc(-c2coc3c4c(ccc3c2=O)OCN(Cc2ccc(C)cc2)C4)cc1OC. The Morgan fingerprint density at radius 2 is 1.76 bits per heavy atom. The number of hydrogen-bond acceptors (Lipinski definition) is 6. The second-order valence-electron chi connectivity index (χ2n) is 8.21. The molecule has 0 amide bonds. The van der Waals surface area contributed by atoms with Gasteiger partial charge < -0.3 is 18.6 Å². The Kier molecular flexibility index (Phi) is 5.52. The Morgan fingerprint density at radius 1 is 0.970 bits per heavy atom. The van der Waals surface area contributed by atoms with Crippen molar-refractivity contribution in [2.75, 3.05) is 21.0 Å². The lowest BCUT2D eigenvalue weighted by molar-refractivity contribution is 0.0890. The zero-order valence-corrected chi connectivity index (χ0v) is 18.9. The van der Waals surface area contributed by atoms with Crippen LogP contribution >= 0.6 is 0 Å². The molecule has 0 fully saturated rings. The first-order valence-corrected chi connectivity index (χ1v) is 10.8. The molecule has 0 saturated carbocycles. The molecule has 0 bridgehead atoms. The molecule has 0 saturated heterocycles. The summed E-state index contributed by atoms with van der Waals surface area (Å²) in [5.74, 6) is 1.91. The second-order valence-corrected chi connectivity index (χ2v) is 8.21. The highest BCUT2D eigenvalue weighted by atomic mass is 16.5. The number of nitrogens with zero attached hydrogens (tertiary/aromatic N) is 1. The largest absolute Gasteiger partial charge is 0.493 e. The van der Waals surface area contributed by atoms with E-state index in [0.717, 1.165) is 17.9 Å². The number of fused-ring (bicyclic) bond motifs is 3. The maximum Gasteiger partial charge on any atom is 0.200 e. The Hall–Kier alpha value is -3.77. The van der Waals surface area contributed by atoms with Gasteiger partial charge in [-0.05, 0) is 42.3 Å². The first-order valence-electron chi connectivity index (χ1n) is 10.8. The molecule has 4 aromatic rings. The van der Waals surface area contributed by atoms with Crippen LogP contribution in [-0.4, -0.2) is 25.9 Å². The summed E-state index contributed by atoms with van der Waals surface area (Å²) in [5, 5.41) is 0.529. The summed E-state index contributed by atoms with van der Waals surface area (Å²) < 4.78 is 22.7. The Balaban J connectivity index is 1.50. The minimum absolute atomic E-state index is 0.0954. The van der Waals surface area contributed by atoms with E-state index >= 15 is 0 Å². The van der Waals surface area contributed by atoms with Crippen LogP contribution in [0.4, 0.5) is 0 Å². The van der Waals surface area contributed by atoms with Crippen LogP contribution in [0.2, 0.25) is 0 Å². The van der Waals surface area contributed by atoms with Gasteiger partial charge in [0.05, 0.1) is 30.7 Å². The van der Waals surface area contributed by atoms with Gasteiger partial charge in [-0.15, -0.1) is 0 Å². The third kappa shape index (κ3) is 3.94. The minimum Gasteiger partial charge on any atom is -0.493 e. The molecule has 1 aliphatic rings. The third-order valence-corrected chi connectivity index (χ3v) is 6.01. The lowest BCUT2D eigenvalue weighted by Gasteiger charge is -2.29. The molecule has 6 nitrogen and oxygen atoms in total. The average Bonchev–Trinajstić information content (AvgIpc) is 2.85. The molecule has 5 rings (SSSR count). The van der Waals surface area contributed by atoms with Crippen LogP contribution in [0.5, 0.6) is 17.2 Å². The number of ether oxygens (including phenoxy) is 3. The standard InChI is InChI=1S/C27H25NO5/c1-17-4-6-18(7-5-17)13-28-14-21-23(33-16-28)11-9-20-26(29)22(15-32-27(20)21)19-8-10-24(30-2)25(12-19)31-3/h4-12,15H,13-14,16H2,1-3H3. The van der Waals surface area contributed by atoms with Gasteiger partial charge in [-0.1, -0.05) is 35.9 Å². The monoisotopic (exact) mass is 443 g/mol. The number of hydrogen-bond donors (Lipinski definition) is 0. The molecule has 0 N–H and O–H groups in total. The van der Waals surface area contributed by atoms with Crippen LogP contribution in [0.15, 0.2) is 70.1 Å². The van der Waals surface area contributed by atoms with Crippen LogP contribution < -0.4 is 19.6 Å². The fourth-order valence-electron chi connectivity index (χ4n) is 4.21. The summed E-state index contributed by atoms with van der Waals surface area (Å²) in [6.07, 6.45) is 1.52. The van der Waals surface area contributed by atoms with Crippen molar-refractivity contribution in [2.45, 2.75) is 20.0 Å². The lowest BCUT2D eigenvalue weighted by Crippen LogP contribution is -2.31. The van der Waals surface area contributed by atoms with Gasteiger partial charge in [-0.2, -0.15) is 0 Å². The molecule has 1 aliphatic heterocycles. The second kappa shape index (κ2) is 8.64. The zero-order chi connectivity index (χ0) is 22.9. The predicted octanol–water partition coefficient (Wildman–Crippen LogP) is 5.14. The predicted molar refractivity (Wildman–Crippen MR) is 127 cm³/mol. The molecule has 168 valence electrons. The van der Waals surface area contributed by atoms with Crippen LogP contribution in [0.1, 0.15) is 16.7 Å². The van der Waals surface area contributed by atoms with Crippen LogP contribution in [0, 0.1) is 6.92 Å². The van der Waals surface area contributed by atoms with Gasteiger partial charge in [-0.25, -0.2) is 0 Å². The number of benzene rings is 3. The van der Waals surface area contributed by atoms with Gasteiger partial charge in [-0.3, -0.25) is 9.69 Å². The van der Waals surface area contributed by atoms with Gasteiger partial charge in [0.2, 0.25) is 5.43 Å². The molecule has 1 aromatic heterocycles. The minimum atomic E-state index is -0.0954. The molecule has 33 heavy (non-hydrogen) atoms. The van der Waals surface area contributed by atoms with E-state index < -0.39 is 0 Å². The van der Waals surface area contributed by atoms with E-state index in [4.69, 9.17) is 18.6 Å². The summed E-state index contributed by atoms with van der Waals surface area (Å²) >= 11 is 0. The van der Waals surface area contributed by atoms with Crippen molar-refractivity contribution in [2.24, 2.45) is 0 Å². The van der Waals surface area contributed by atoms with Gasteiger partial charge in [0, 0.05) is 13.1 Å². The zero-order valence-electron chi connectivity index (χ0n) is 18.9.